The summed E-state index contributed by atoms with van der Waals surface area (Å²) in [6, 6.07) is 9.36. The van der Waals surface area contributed by atoms with Gasteiger partial charge >= 0.3 is 12.1 Å². The van der Waals surface area contributed by atoms with Crippen molar-refractivity contribution in [2.45, 2.75) is 57.1 Å². The first-order chi connectivity index (χ1) is 21.2. The van der Waals surface area contributed by atoms with E-state index in [0.717, 1.165) is 12.8 Å². The number of benzene rings is 1. The minimum absolute atomic E-state index is 0.0463. The lowest BCUT2D eigenvalue weighted by atomic mass is 9.78. The molecule has 3 aliphatic rings. The van der Waals surface area contributed by atoms with E-state index in [0.29, 0.717) is 31.6 Å². The lowest BCUT2D eigenvalue weighted by molar-refractivity contribution is -0.160. The number of aromatic nitrogens is 2. The Labute approximate surface area is 254 Å². The molecule has 1 atom stereocenters. The van der Waals surface area contributed by atoms with E-state index in [4.69, 9.17) is 9.47 Å². The molecule has 2 aromatic rings. The molecule has 5 rings (SSSR count). The van der Waals surface area contributed by atoms with Crippen LogP contribution in [0.5, 0.6) is 5.88 Å². The predicted octanol–water partition coefficient (Wildman–Crippen LogP) is 1.67. The first kappa shape index (κ1) is 30.8. The van der Waals surface area contributed by atoms with E-state index in [2.05, 4.69) is 10.4 Å². The molecule has 1 aromatic carbocycles. The number of nitrogens with one attached hydrogen (secondary N) is 1. The average molecular weight is 611 g/mol. The lowest BCUT2D eigenvalue weighted by Gasteiger charge is -2.45. The van der Waals surface area contributed by atoms with Crippen LogP contribution in [0.4, 0.5) is 4.79 Å². The monoisotopic (exact) mass is 610 g/mol. The maximum absolute atomic E-state index is 13.5. The summed E-state index contributed by atoms with van der Waals surface area (Å²) >= 11 is 0. The molecule has 4 amide bonds. The standard InChI is InChI=1S/C30H38N6O8/c1-2-43-29(42)35-18-16-33(17-19-35)27(40)22(10-11-25(37)38)31-26(39)23-20-24(36(32-23)21-8-4-3-5-9-21)44-30(12-6-13-30)28(41)34-14-7-15-34/h3-5,8-9,20,22H,2,6-7,10-19H2,1H3,(H,31,39)(H,37,38)/t22-/m0/s1. The highest BCUT2D eigenvalue weighted by atomic mass is 16.6. The van der Waals surface area contributed by atoms with Crippen molar-refractivity contribution in [1.82, 2.24) is 29.8 Å². The van der Waals surface area contributed by atoms with E-state index >= 15 is 0 Å². The van der Waals surface area contributed by atoms with Crippen LogP contribution >= 0.6 is 0 Å². The Hall–Kier alpha value is -4.62. The van der Waals surface area contributed by atoms with Crippen LogP contribution in [0.25, 0.3) is 5.69 Å². The molecule has 0 spiro atoms. The van der Waals surface area contributed by atoms with Gasteiger partial charge in [0.1, 0.15) is 6.04 Å². The van der Waals surface area contributed by atoms with Gasteiger partial charge in [0.2, 0.25) is 11.8 Å². The smallest absolute Gasteiger partial charge is 0.409 e. The molecule has 0 unspecified atom stereocenters. The molecule has 2 aliphatic heterocycles. The number of rotatable bonds is 11. The average Bonchev–Trinajstić information content (AvgIpc) is 3.40. The fraction of sp³-hybridized carbons (Fsp3) is 0.533. The van der Waals surface area contributed by atoms with Gasteiger partial charge in [-0.1, -0.05) is 18.2 Å². The van der Waals surface area contributed by atoms with Crippen LogP contribution in [-0.2, 0) is 19.1 Å². The molecular formula is C30H38N6O8. The zero-order valence-corrected chi connectivity index (χ0v) is 24.8. The molecule has 0 bridgehead atoms. The van der Waals surface area contributed by atoms with Crippen LogP contribution < -0.4 is 10.1 Å². The lowest BCUT2D eigenvalue weighted by Crippen LogP contribution is -2.60. The number of carboxylic acids is 1. The van der Waals surface area contributed by atoms with Crippen LogP contribution in [0.2, 0.25) is 0 Å². The highest BCUT2D eigenvalue weighted by Crippen LogP contribution is 2.40. The minimum Gasteiger partial charge on any atom is -0.481 e. The van der Waals surface area contributed by atoms with Gasteiger partial charge < -0.3 is 34.6 Å². The van der Waals surface area contributed by atoms with E-state index in [1.165, 1.54) is 20.5 Å². The molecule has 3 heterocycles. The number of hydrogen-bond donors (Lipinski definition) is 2. The number of carbonyl (C=O) groups excluding carboxylic acids is 4. The van der Waals surface area contributed by atoms with Crippen molar-refractivity contribution in [3.05, 3.63) is 42.1 Å². The first-order valence-electron chi connectivity index (χ1n) is 15.1. The van der Waals surface area contributed by atoms with E-state index < -0.39 is 35.5 Å². The third-order valence-electron chi connectivity index (χ3n) is 8.27. The van der Waals surface area contributed by atoms with Gasteiger partial charge in [0.05, 0.1) is 12.3 Å². The molecule has 3 fully saturated rings. The van der Waals surface area contributed by atoms with Gasteiger partial charge in [-0.25, -0.2) is 9.48 Å². The van der Waals surface area contributed by atoms with Gasteiger partial charge in [-0.05, 0) is 51.2 Å². The number of aliphatic carboxylic acids is 1. The molecule has 1 aromatic heterocycles. The number of amides is 4. The number of nitrogens with zero attached hydrogens (tertiary/aromatic N) is 5. The normalized spacial score (nSPS) is 18.0. The van der Waals surface area contributed by atoms with Crippen molar-refractivity contribution in [3.63, 3.8) is 0 Å². The quantitative estimate of drug-likeness (QED) is 0.385. The zero-order chi connectivity index (χ0) is 31.3. The summed E-state index contributed by atoms with van der Waals surface area (Å²) < 4.78 is 12.9. The molecule has 0 radical (unpaired) electrons. The fourth-order valence-electron chi connectivity index (χ4n) is 5.47. The van der Waals surface area contributed by atoms with Gasteiger partial charge in [0.25, 0.3) is 11.8 Å². The summed E-state index contributed by atoms with van der Waals surface area (Å²) in [5.74, 6) is -2.08. The second-order valence-corrected chi connectivity index (χ2v) is 11.2. The molecule has 44 heavy (non-hydrogen) atoms. The van der Waals surface area contributed by atoms with Crippen molar-refractivity contribution in [2.75, 3.05) is 45.9 Å². The third kappa shape index (κ3) is 6.63. The summed E-state index contributed by atoms with van der Waals surface area (Å²) in [6.45, 7) is 4.27. The zero-order valence-electron chi connectivity index (χ0n) is 24.8. The van der Waals surface area contributed by atoms with Crippen molar-refractivity contribution < 1.29 is 38.6 Å². The maximum atomic E-state index is 13.5. The predicted molar refractivity (Wildman–Crippen MR) is 155 cm³/mol. The SMILES string of the molecule is CCOC(=O)N1CCN(C(=O)[C@H](CCC(=O)O)NC(=O)c2cc(OC3(C(=O)N4CCC4)CCC3)n(-c3ccccc3)n2)CC1. The molecule has 2 saturated heterocycles. The van der Waals surface area contributed by atoms with E-state index in [-0.39, 0.29) is 63.1 Å². The molecule has 236 valence electrons. The van der Waals surface area contributed by atoms with Gasteiger partial charge in [-0.15, -0.1) is 0 Å². The molecular weight excluding hydrogens is 572 g/mol. The molecule has 14 heteroatoms. The fourth-order valence-corrected chi connectivity index (χ4v) is 5.47. The van der Waals surface area contributed by atoms with E-state index in [9.17, 15) is 29.1 Å². The number of para-hydroxylation sites is 1. The van der Waals surface area contributed by atoms with E-state index in [1.807, 2.05) is 18.2 Å². The van der Waals surface area contributed by atoms with Crippen LogP contribution in [0.15, 0.2) is 36.4 Å². The first-order valence-corrected chi connectivity index (χ1v) is 15.1. The van der Waals surface area contributed by atoms with Gasteiger partial charge in [0, 0.05) is 51.8 Å². The van der Waals surface area contributed by atoms with Gasteiger partial charge in [0.15, 0.2) is 11.3 Å². The van der Waals surface area contributed by atoms with Crippen molar-refractivity contribution in [3.8, 4) is 11.6 Å². The molecule has 2 N–H and O–H groups in total. The molecule has 1 saturated carbocycles. The number of carboxylic acid groups (broad SMARTS) is 1. The third-order valence-corrected chi connectivity index (χ3v) is 8.27. The summed E-state index contributed by atoms with van der Waals surface area (Å²) in [4.78, 5) is 68.5. The highest BCUT2D eigenvalue weighted by molar-refractivity contribution is 5.96. The number of ether oxygens (including phenoxy) is 2. The van der Waals surface area contributed by atoms with Crippen molar-refractivity contribution in [2.24, 2.45) is 0 Å². The highest BCUT2D eigenvalue weighted by Gasteiger charge is 2.50. The maximum Gasteiger partial charge on any atom is 0.409 e. The number of carbonyl (C=O) groups is 5. The number of likely N-dealkylation sites (tertiary alicyclic amines) is 1. The Morgan fingerprint density at radius 2 is 1.64 bits per heavy atom. The Bertz CT molecular complexity index is 1380. The summed E-state index contributed by atoms with van der Waals surface area (Å²) in [7, 11) is 0. The Kier molecular flexibility index (Phi) is 9.35. The van der Waals surface area contributed by atoms with Gasteiger partial charge in [-0.2, -0.15) is 5.10 Å². The Morgan fingerprint density at radius 3 is 2.20 bits per heavy atom. The number of piperazine rings is 1. The second-order valence-electron chi connectivity index (χ2n) is 11.2. The van der Waals surface area contributed by atoms with Gasteiger partial charge in [-0.3, -0.25) is 19.2 Å². The van der Waals surface area contributed by atoms with Crippen LogP contribution in [0.3, 0.4) is 0 Å². The largest absolute Gasteiger partial charge is 0.481 e. The van der Waals surface area contributed by atoms with Crippen molar-refractivity contribution in [1.29, 1.82) is 0 Å². The second kappa shape index (κ2) is 13.3. The van der Waals surface area contributed by atoms with Crippen LogP contribution in [0, 0.1) is 0 Å². The summed E-state index contributed by atoms with van der Waals surface area (Å²) in [5.41, 5.74) is -0.452. The summed E-state index contributed by atoms with van der Waals surface area (Å²) in [5, 5.41) is 16.5. The topological polar surface area (TPSA) is 164 Å². The minimum atomic E-state index is -1.13. The van der Waals surface area contributed by atoms with Crippen LogP contribution in [-0.4, -0.2) is 117 Å². The molecule has 1 aliphatic carbocycles. The van der Waals surface area contributed by atoms with Crippen molar-refractivity contribution >= 4 is 29.8 Å². The molecule has 14 nitrogen and oxygen atoms in total. The Balaban J connectivity index is 1.34. The van der Waals surface area contributed by atoms with E-state index in [1.54, 1.807) is 24.0 Å². The summed E-state index contributed by atoms with van der Waals surface area (Å²) in [6.07, 6.45) is 1.97. The Morgan fingerprint density at radius 1 is 0.955 bits per heavy atom. The number of hydrogen-bond acceptors (Lipinski definition) is 8. The van der Waals surface area contributed by atoms with Crippen LogP contribution in [0.1, 0.15) is 55.9 Å².